The third-order valence-corrected chi connectivity index (χ3v) is 4.20. The van der Waals surface area contributed by atoms with Gasteiger partial charge in [0.05, 0.1) is 5.38 Å². The summed E-state index contributed by atoms with van der Waals surface area (Å²) >= 11 is 12.7. The van der Waals surface area contributed by atoms with Crippen molar-refractivity contribution in [2.24, 2.45) is 5.92 Å². The van der Waals surface area contributed by atoms with Crippen LogP contribution < -0.4 is 0 Å². The molecule has 1 fully saturated rings. The van der Waals surface area contributed by atoms with Gasteiger partial charge in [0, 0.05) is 5.02 Å². The molecule has 0 aromatic heterocycles. The van der Waals surface area contributed by atoms with Gasteiger partial charge in [-0.1, -0.05) is 49.1 Å². The van der Waals surface area contributed by atoms with E-state index in [0.29, 0.717) is 5.92 Å². The van der Waals surface area contributed by atoms with Gasteiger partial charge in [-0.25, -0.2) is 0 Å². The van der Waals surface area contributed by atoms with Crippen molar-refractivity contribution in [3.63, 3.8) is 0 Å². The fraction of sp³-hybridized carbons (Fsp3) is 0.538. The van der Waals surface area contributed by atoms with Gasteiger partial charge in [-0.15, -0.1) is 11.6 Å². The zero-order valence-corrected chi connectivity index (χ0v) is 10.3. The van der Waals surface area contributed by atoms with E-state index in [-0.39, 0.29) is 5.38 Å². The monoisotopic (exact) mass is 242 g/mol. The van der Waals surface area contributed by atoms with Gasteiger partial charge >= 0.3 is 0 Å². The maximum atomic E-state index is 6.51. The number of hydrogen-bond acceptors (Lipinski definition) is 0. The van der Waals surface area contributed by atoms with E-state index >= 15 is 0 Å². The van der Waals surface area contributed by atoms with Crippen molar-refractivity contribution >= 4 is 23.2 Å². The minimum absolute atomic E-state index is 0.0963. The van der Waals surface area contributed by atoms with E-state index in [4.69, 9.17) is 23.2 Å². The summed E-state index contributed by atoms with van der Waals surface area (Å²) in [5.41, 5.74) is 1.10. The number of rotatable bonds is 2. The van der Waals surface area contributed by atoms with Gasteiger partial charge in [0.25, 0.3) is 0 Å². The van der Waals surface area contributed by atoms with Crippen molar-refractivity contribution in [3.05, 3.63) is 34.9 Å². The van der Waals surface area contributed by atoms with Crippen molar-refractivity contribution in [2.45, 2.75) is 37.5 Å². The third kappa shape index (κ3) is 2.68. The van der Waals surface area contributed by atoms with Crippen molar-refractivity contribution in [2.75, 3.05) is 0 Å². The smallest absolute Gasteiger partial charge is 0.0628 e. The molecule has 0 spiro atoms. The average Bonchev–Trinajstić information content (AvgIpc) is 2.30. The SMILES string of the molecule is Clc1ccccc1C(Cl)C1CCCCC1. The second kappa shape index (κ2) is 5.23. The maximum Gasteiger partial charge on any atom is 0.0628 e. The fourth-order valence-electron chi connectivity index (χ4n) is 2.38. The molecule has 0 radical (unpaired) electrons. The molecule has 0 heterocycles. The van der Waals surface area contributed by atoms with E-state index in [1.54, 1.807) is 0 Å². The molecule has 1 unspecified atom stereocenters. The zero-order chi connectivity index (χ0) is 10.7. The normalized spacial score (nSPS) is 20.1. The van der Waals surface area contributed by atoms with Gasteiger partial charge in [0.1, 0.15) is 0 Å². The summed E-state index contributed by atoms with van der Waals surface area (Å²) in [5.74, 6) is 0.611. The van der Waals surface area contributed by atoms with Crippen LogP contribution in [0.5, 0.6) is 0 Å². The molecule has 1 atom stereocenters. The molecule has 2 heteroatoms. The first-order chi connectivity index (χ1) is 7.29. The van der Waals surface area contributed by atoms with Crippen LogP contribution in [0, 0.1) is 5.92 Å². The van der Waals surface area contributed by atoms with Crippen LogP contribution in [0.3, 0.4) is 0 Å². The molecule has 15 heavy (non-hydrogen) atoms. The highest BCUT2D eigenvalue weighted by molar-refractivity contribution is 6.32. The summed E-state index contributed by atoms with van der Waals surface area (Å²) in [4.78, 5) is 0. The Morgan fingerprint density at radius 2 is 1.73 bits per heavy atom. The van der Waals surface area contributed by atoms with Gasteiger partial charge < -0.3 is 0 Å². The molecule has 0 N–H and O–H groups in total. The minimum atomic E-state index is 0.0963. The number of halogens is 2. The highest BCUT2D eigenvalue weighted by Crippen LogP contribution is 2.40. The predicted octanol–water partition coefficient (Wildman–Crippen LogP) is 5.20. The molecule has 0 bridgehead atoms. The molecule has 0 aliphatic heterocycles. The second-order valence-corrected chi connectivity index (χ2v) is 5.20. The lowest BCUT2D eigenvalue weighted by Gasteiger charge is -2.26. The van der Waals surface area contributed by atoms with Gasteiger partial charge in [-0.05, 0) is 30.4 Å². The fourth-order valence-corrected chi connectivity index (χ4v) is 3.13. The molecule has 0 amide bonds. The molecule has 1 aromatic rings. The second-order valence-electron chi connectivity index (χ2n) is 4.32. The Morgan fingerprint density at radius 3 is 2.40 bits per heavy atom. The van der Waals surface area contributed by atoms with Gasteiger partial charge in [0.15, 0.2) is 0 Å². The summed E-state index contributed by atoms with van der Waals surface area (Å²) < 4.78 is 0. The van der Waals surface area contributed by atoms with Crippen LogP contribution in [0.25, 0.3) is 0 Å². The molecule has 1 saturated carbocycles. The first-order valence-electron chi connectivity index (χ1n) is 5.67. The van der Waals surface area contributed by atoms with E-state index in [2.05, 4.69) is 6.07 Å². The van der Waals surface area contributed by atoms with Crippen molar-refractivity contribution in [3.8, 4) is 0 Å². The summed E-state index contributed by atoms with van der Waals surface area (Å²) in [6.07, 6.45) is 6.50. The first kappa shape index (κ1) is 11.3. The summed E-state index contributed by atoms with van der Waals surface area (Å²) in [6.45, 7) is 0. The van der Waals surface area contributed by atoms with E-state index in [1.165, 1.54) is 32.1 Å². The van der Waals surface area contributed by atoms with Crippen LogP contribution in [0.4, 0.5) is 0 Å². The van der Waals surface area contributed by atoms with E-state index in [1.807, 2.05) is 18.2 Å². The first-order valence-corrected chi connectivity index (χ1v) is 6.49. The molecule has 0 saturated heterocycles. The van der Waals surface area contributed by atoms with Gasteiger partial charge in [0.2, 0.25) is 0 Å². The summed E-state index contributed by atoms with van der Waals surface area (Å²) in [7, 11) is 0. The molecular weight excluding hydrogens is 227 g/mol. The van der Waals surface area contributed by atoms with Gasteiger partial charge in [-0.2, -0.15) is 0 Å². The molecule has 1 aliphatic rings. The highest BCUT2D eigenvalue weighted by Gasteiger charge is 2.24. The molecule has 1 aromatic carbocycles. The molecule has 0 nitrogen and oxygen atoms in total. The Kier molecular flexibility index (Phi) is 3.93. The molecule has 82 valence electrons. The Morgan fingerprint density at radius 1 is 1.07 bits per heavy atom. The number of hydrogen-bond donors (Lipinski definition) is 0. The lowest BCUT2D eigenvalue weighted by atomic mass is 9.84. The summed E-state index contributed by atoms with van der Waals surface area (Å²) in [5, 5.41) is 0.905. The molecule has 1 aliphatic carbocycles. The van der Waals surface area contributed by atoms with Crippen molar-refractivity contribution in [1.82, 2.24) is 0 Å². The van der Waals surface area contributed by atoms with E-state index < -0.39 is 0 Å². The Balaban J connectivity index is 2.12. The lowest BCUT2D eigenvalue weighted by molar-refractivity contribution is 0.348. The number of benzene rings is 1. The quantitative estimate of drug-likeness (QED) is 0.626. The third-order valence-electron chi connectivity index (χ3n) is 3.27. The minimum Gasteiger partial charge on any atom is -0.117 e. The van der Waals surface area contributed by atoms with Crippen molar-refractivity contribution in [1.29, 1.82) is 0 Å². The van der Waals surface area contributed by atoms with Crippen molar-refractivity contribution < 1.29 is 0 Å². The summed E-state index contributed by atoms with van der Waals surface area (Å²) in [6, 6.07) is 7.94. The maximum absolute atomic E-state index is 6.51. The van der Waals surface area contributed by atoms with Crippen LogP contribution >= 0.6 is 23.2 Å². The Bertz CT molecular complexity index is 316. The van der Waals surface area contributed by atoms with Gasteiger partial charge in [-0.3, -0.25) is 0 Å². The highest BCUT2D eigenvalue weighted by atomic mass is 35.5. The van der Waals surface area contributed by atoms with Crippen LogP contribution in [0.15, 0.2) is 24.3 Å². The predicted molar refractivity (Wildman–Crippen MR) is 66.6 cm³/mol. The topological polar surface area (TPSA) is 0 Å². The zero-order valence-electron chi connectivity index (χ0n) is 8.76. The standard InChI is InChI=1S/C13H16Cl2/c14-12-9-5-4-8-11(12)13(15)10-6-2-1-3-7-10/h4-5,8-10,13H,1-3,6-7H2. The van der Waals surface area contributed by atoms with Crippen LogP contribution in [0.2, 0.25) is 5.02 Å². The van der Waals surface area contributed by atoms with Crippen LogP contribution in [-0.2, 0) is 0 Å². The Labute approximate surface area is 102 Å². The lowest BCUT2D eigenvalue weighted by Crippen LogP contribution is -2.12. The van der Waals surface area contributed by atoms with Crippen LogP contribution in [-0.4, -0.2) is 0 Å². The molecule has 2 rings (SSSR count). The van der Waals surface area contributed by atoms with E-state index in [9.17, 15) is 0 Å². The average molecular weight is 243 g/mol. The Hall–Kier alpha value is -0.200. The largest absolute Gasteiger partial charge is 0.117 e. The molecular formula is C13H16Cl2. The van der Waals surface area contributed by atoms with E-state index in [0.717, 1.165) is 10.6 Å². The number of alkyl halides is 1. The van der Waals surface area contributed by atoms with Crippen LogP contribution in [0.1, 0.15) is 43.0 Å².